The zero-order valence-corrected chi connectivity index (χ0v) is 8.40. The SMILES string of the molecule is CC1(C)OC2CC(CO)(CO)OC2O1. The van der Waals surface area contributed by atoms with E-state index in [2.05, 4.69) is 0 Å². The van der Waals surface area contributed by atoms with Crippen molar-refractivity contribution in [1.82, 2.24) is 0 Å². The predicted molar refractivity (Wildman–Crippen MR) is 46.4 cm³/mol. The zero-order chi connectivity index (χ0) is 10.4. The van der Waals surface area contributed by atoms with Gasteiger partial charge in [0, 0.05) is 6.42 Å². The van der Waals surface area contributed by atoms with Crippen LogP contribution >= 0.6 is 0 Å². The minimum atomic E-state index is -0.897. The molecule has 0 radical (unpaired) electrons. The molecule has 2 heterocycles. The van der Waals surface area contributed by atoms with Gasteiger partial charge in [-0.1, -0.05) is 0 Å². The number of aliphatic hydroxyl groups excluding tert-OH is 2. The molecule has 2 N–H and O–H groups in total. The van der Waals surface area contributed by atoms with E-state index in [1.54, 1.807) is 0 Å². The summed E-state index contributed by atoms with van der Waals surface area (Å²) < 4.78 is 16.5. The molecule has 2 rings (SSSR count). The van der Waals surface area contributed by atoms with Gasteiger partial charge >= 0.3 is 0 Å². The Morgan fingerprint density at radius 3 is 2.29 bits per heavy atom. The van der Waals surface area contributed by atoms with Crippen LogP contribution in [0.2, 0.25) is 0 Å². The van der Waals surface area contributed by atoms with Crippen molar-refractivity contribution in [2.24, 2.45) is 0 Å². The quantitative estimate of drug-likeness (QED) is 0.641. The molecule has 0 spiro atoms. The number of rotatable bonds is 2. The molecule has 0 aromatic rings. The first-order chi connectivity index (χ1) is 6.50. The topological polar surface area (TPSA) is 68.2 Å². The maximum absolute atomic E-state index is 9.11. The number of hydrogen-bond acceptors (Lipinski definition) is 5. The molecule has 2 saturated heterocycles. The summed E-state index contributed by atoms with van der Waals surface area (Å²) in [6, 6.07) is 0. The van der Waals surface area contributed by atoms with E-state index >= 15 is 0 Å². The lowest BCUT2D eigenvalue weighted by atomic mass is 10.0. The van der Waals surface area contributed by atoms with Crippen molar-refractivity contribution in [1.29, 1.82) is 0 Å². The van der Waals surface area contributed by atoms with Crippen LogP contribution in [-0.2, 0) is 14.2 Å². The van der Waals surface area contributed by atoms with E-state index in [1.165, 1.54) is 0 Å². The molecule has 2 fully saturated rings. The summed E-state index contributed by atoms with van der Waals surface area (Å²) in [4.78, 5) is 0. The van der Waals surface area contributed by atoms with Gasteiger partial charge in [0.25, 0.3) is 0 Å². The molecule has 0 bridgehead atoms. The van der Waals surface area contributed by atoms with Gasteiger partial charge in [-0.2, -0.15) is 0 Å². The third-order valence-corrected chi connectivity index (χ3v) is 2.65. The Morgan fingerprint density at radius 1 is 1.14 bits per heavy atom. The van der Waals surface area contributed by atoms with Crippen molar-refractivity contribution in [3.63, 3.8) is 0 Å². The fourth-order valence-electron chi connectivity index (χ4n) is 1.96. The normalized spacial score (nSPS) is 38.6. The van der Waals surface area contributed by atoms with Crippen LogP contribution in [0, 0.1) is 0 Å². The molecule has 2 aliphatic heterocycles. The van der Waals surface area contributed by atoms with Gasteiger partial charge in [0.2, 0.25) is 0 Å². The summed E-state index contributed by atoms with van der Waals surface area (Å²) in [6.07, 6.45) is -0.192. The van der Waals surface area contributed by atoms with Gasteiger partial charge in [0.15, 0.2) is 12.1 Å². The Hall–Kier alpha value is -0.200. The van der Waals surface area contributed by atoms with Crippen molar-refractivity contribution in [2.75, 3.05) is 13.2 Å². The first-order valence-electron chi connectivity index (χ1n) is 4.75. The van der Waals surface area contributed by atoms with Crippen molar-refractivity contribution >= 4 is 0 Å². The summed E-state index contributed by atoms with van der Waals surface area (Å²) >= 11 is 0. The van der Waals surface area contributed by atoms with Crippen LogP contribution in [-0.4, -0.2) is 47.2 Å². The highest BCUT2D eigenvalue weighted by Crippen LogP contribution is 2.41. The van der Waals surface area contributed by atoms with Gasteiger partial charge in [-0.25, -0.2) is 0 Å². The lowest BCUT2D eigenvalue weighted by Crippen LogP contribution is -2.40. The van der Waals surface area contributed by atoms with Gasteiger partial charge in [-0.05, 0) is 13.8 Å². The van der Waals surface area contributed by atoms with Crippen LogP contribution in [0.3, 0.4) is 0 Å². The molecular weight excluding hydrogens is 188 g/mol. The average molecular weight is 204 g/mol. The van der Waals surface area contributed by atoms with E-state index in [9.17, 15) is 0 Å². The van der Waals surface area contributed by atoms with E-state index in [0.29, 0.717) is 6.42 Å². The molecule has 0 saturated carbocycles. The van der Waals surface area contributed by atoms with Crippen LogP contribution in [0.15, 0.2) is 0 Å². The average Bonchev–Trinajstić information content (AvgIpc) is 2.55. The molecule has 0 aromatic carbocycles. The molecule has 0 aliphatic carbocycles. The fraction of sp³-hybridized carbons (Fsp3) is 1.00. The molecule has 2 unspecified atom stereocenters. The van der Waals surface area contributed by atoms with Crippen LogP contribution in [0.5, 0.6) is 0 Å². The van der Waals surface area contributed by atoms with E-state index in [0.717, 1.165) is 0 Å². The monoisotopic (exact) mass is 204 g/mol. The number of ether oxygens (including phenoxy) is 3. The standard InChI is InChI=1S/C9H16O5/c1-8(2)12-6-3-9(4-10,5-11)14-7(6)13-8/h6-7,10-11H,3-5H2,1-2H3. The van der Waals surface area contributed by atoms with Gasteiger partial charge < -0.3 is 24.4 Å². The highest BCUT2D eigenvalue weighted by molar-refractivity contribution is 4.94. The predicted octanol–water partition coefficient (Wildman–Crippen LogP) is -0.392. The lowest BCUT2D eigenvalue weighted by molar-refractivity contribution is -0.236. The Bertz CT molecular complexity index is 205. The van der Waals surface area contributed by atoms with Gasteiger partial charge in [-0.15, -0.1) is 0 Å². The molecule has 2 aliphatic rings. The molecule has 5 heteroatoms. The number of aliphatic hydroxyl groups is 2. The summed E-state index contributed by atoms with van der Waals surface area (Å²) in [6.45, 7) is 3.19. The zero-order valence-electron chi connectivity index (χ0n) is 8.40. The van der Waals surface area contributed by atoms with Crippen LogP contribution < -0.4 is 0 Å². The third-order valence-electron chi connectivity index (χ3n) is 2.65. The van der Waals surface area contributed by atoms with Crippen molar-refractivity contribution in [3.8, 4) is 0 Å². The van der Waals surface area contributed by atoms with E-state index < -0.39 is 17.7 Å². The Kier molecular flexibility index (Phi) is 2.32. The van der Waals surface area contributed by atoms with Crippen LogP contribution in [0.4, 0.5) is 0 Å². The Morgan fingerprint density at radius 2 is 1.79 bits per heavy atom. The number of fused-ring (bicyclic) bond motifs is 1. The molecule has 82 valence electrons. The summed E-state index contributed by atoms with van der Waals surface area (Å²) in [5.41, 5.74) is -0.897. The first kappa shape index (κ1) is 10.3. The molecule has 14 heavy (non-hydrogen) atoms. The first-order valence-corrected chi connectivity index (χ1v) is 4.75. The summed E-state index contributed by atoms with van der Waals surface area (Å²) in [5.74, 6) is -0.633. The largest absolute Gasteiger partial charge is 0.393 e. The molecular formula is C9H16O5. The Labute approximate surface area is 82.6 Å². The van der Waals surface area contributed by atoms with E-state index in [1.807, 2.05) is 13.8 Å². The second-order valence-corrected chi connectivity index (χ2v) is 4.36. The van der Waals surface area contributed by atoms with E-state index in [4.69, 9.17) is 24.4 Å². The molecule has 2 atom stereocenters. The second-order valence-electron chi connectivity index (χ2n) is 4.36. The Balaban J connectivity index is 2.06. The van der Waals surface area contributed by atoms with Gasteiger partial charge in [0.1, 0.15) is 11.7 Å². The van der Waals surface area contributed by atoms with Gasteiger partial charge in [0.05, 0.1) is 13.2 Å². The van der Waals surface area contributed by atoms with Crippen LogP contribution in [0.1, 0.15) is 20.3 Å². The van der Waals surface area contributed by atoms with Crippen LogP contribution in [0.25, 0.3) is 0 Å². The summed E-state index contributed by atoms with van der Waals surface area (Å²) in [7, 11) is 0. The maximum atomic E-state index is 9.11. The van der Waals surface area contributed by atoms with Crippen molar-refractivity contribution in [2.45, 2.75) is 44.1 Å². The lowest BCUT2D eigenvalue weighted by Gasteiger charge is -2.27. The molecule has 5 nitrogen and oxygen atoms in total. The van der Waals surface area contributed by atoms with Crippen molar-refractivity contribution in [3.05, 3.63) is 0 Å². The second kappa shape index (κ2) is 3.15. The van der Waals surface area contributed by atoms with Gasteiger partial charge in [-0.3, -0.25) is 0 Å². The minimum absolute atomic E-state index is 0.190. The highest BCUT2D eigenvalue weighted by atomic mass is 16.8. The number of hydrogen-bond donors (Lipinski definition) is 2. The maximum Gasteiger partial charge on any atom is 0.188 e. The smallest absolute Gasteiger partial charge is 0.188 e. The van der Waals surface area contributed by atoms with E-state index in [-0.39, 0.29) is 19.3 Å². The molecule has 0 aromatic heterocycles. The highest BCUT2D eigenvalue weighted by Gasteiger charge is 2.54. The van der Waals surface area contributed by atoms with Crippen molar-refractivity contribution < 1.29 is 24.4 Å². The minimum Gasteiger partial charge on any atom is -0.393 e. The third kappa shape index (κ3) is 1.55. The fourth-order valence-corrected chi connectivity index (χ4v) is 1.96. The molecule has 0 amide bonds. The summed E-state index contributed by atoms with van der Waals surface area (Å²) in [5, 5.41) is 18.2.